The van der Waals surface area contributed by atoms with Crippen molar-refractivity contribution in [2.24, 2.45) is 0 Å². The second kappa shape index (κ2) is 6.76. The molecule has 0 spiro atoms. The highest BCUT2D eigenvalue weighted by Crippen LogP contribution is 2.35. The number of nitrogens with one attached hydrogen (secondary N) is 1. The van der Waals surface area contributed by atoms with E-state index in [0.29, 0.717) is 5.69 Å². The van der Waals surface area contributed by atoms with E-state index in [-0.39, 0.29) is 6.04 Å². The van der Waals surface area contributed by atoms with Gasteiger partial charge in [0.2, 0.25) is 0 Å². The Bertz CT molecular complexity index is 1080. The molecule has 2 heterocycles. The zero-order valence-electron chi connectivity index (χ0n) is 15.7. The van der Waals surface area contributed by atoms with Gasteiger partial charge in [-0.1, -0.05) is 47.6 Å². The Hall–Kier alpha value is -3.34. The van der Waals surface area contributed by atoms with E-state index in [1.165, 1.54) is 5.56 Å². The van der Waals surface area contributed by atoms with Crippen LogP contribution < -0.4 is 11.1 Å². The van der Waals surface area contributed by atoms with Gasteiger partial charge in [0.15, 0.2) is 0 Å². The molecule has 0 saturated carbocycles. The average Bonchev–Trinajstić information content (AvgIpc) is 3.02. The molecule has 136 valence electrons. The van der Waals surface area contributed by atoms with Gasteiger partial charge in [0.05, 0.1) is 28.8 Å². The van der Waals surface area contributed by atoms with Gasteiger partial charge in [-0.05, 0) is 38.0 Å². The van der Waals surface area contributed by atoms with E-state index < -0.39 is 0 Å². The van der Waals surface area contributed by atoms with Gasteiger partial charge in [-0.15, -0.1) is 0 Å². The molecule has 0 radical (unpaired) electrons. The lowest BCUT2D eigenvalue weighted by Gasteiger charge is -2.19. The summed E-state index contributed by atoms with van der Waals surface area (Å²) in [7, 11) is 0. The van der Waals surface area contributed by atoms with E-state index in [0.717, 1.165) is 39.2 Å². The van der Waals surface area contributed by atoms with Gasteiger partial charge >= 0.3 is 0 Å². The van der Waals surface area contributed by atoms with Crippen LogP contribution in [0.3, 0.4) is 0 Å². The number of pyridine rings is 1. The standard InChI is InChI=1S/C22H22N4O/c1-13(16-7-5-4-6-8-16)25-22-18-10-9-17(11-20(18)24-12-19(22)23)21-14(2)26-27-15(21)3/h4-13H,23H2,1-3H3,(H,24,25)/t13-/m1/s1. The van der Waals surface area contributed by atoms with E-state index in [9.17, 15) is 0 Å². The third-order valence-electron chi connectivity index (χ3n) is 4.88. The van der Waals surface area contributed by atoms with Crippen LogP contribution in [0.25, 0.3) is 22.0 Å². The summed E-state index contributed by atoms with van der Waals surface area (Å²) in [5, 5.41) is 8.59. The molecule has 0 amide bonds. The molecule has 4 rings (SSSR count). The van der Waals surface area contributed by atoms with Crippen molar-refractivity contribution in [3.63, 3.8) is 0 Å². The number of nitrogens with two attached hydrogens (primary N) is 1. The predicted molar refractivity (Wildman–Crippen MR) is 110 cm³/mol. The number of aromatic nitrogens is 2. The lowest BCUT2D eigenvalue weighted by Crippen LogP contribution is -2.09. The molecule has 2 aromatic heterocycles. The monoisotopic (exact) mass is 358 g/mol. The first-order valence-electron chi connectivity index (χ1n) is 8.97. The predicted octanol–water partition coefficient (Wildman–Crippen LogP) is 5.26. The van der Waals surface area contributed by atoms with Crippen LogP contribution in [0.2, 0.25) is 0 Å². The number of nitrogens with zero attached hydrogens (tertiary/aromatic N) is 2. The summed E-state index contributed by atoms with van der Waals surface area (Å²) in [5.41, 5.74) is 12.8. The minimum atomic E-state index is 0.126. The minimum Gasteiger partial charge on any atom is -0.396 e. The molecular formula is C22H22N4O. The Morgan fingerprint density at radius 2 is 1.85 bits per heavy atom. The molecule has 5 heteroatoms. The lowest BCUT2D eigenvalue weighted by molar-refractivity contribution is 0.393. The number of fused-ring (bicyclic) bond motifs is 1. The number of nitrogen functional groups attached to an aromatic ring is 1. The van der Waals surface area contributed by atoms with Crippen LogP contribution in [0.5, 0.6) is 0 Å². The first kappa shape index (κ1) is 17.1. The van der Waals surface area contributed by atoms with Crippen molar-refractivity contribution in [3.8, 4) is 11.1 Å². The van der Waals surface area contributed by atoms with Crippen LogP contribution in [0.4, 0.5) is 11.4 Å². The number of rotatable bonds is 4. The molecule has 0 aliphatic carbocycles. The molecule has 5 nitrogen and oxygen atoms in total. The number of anilines is 2. The molecular weight excluding hydrogens is 336 g/mol. The van der Waals surface area contributed by atoms with E-state index in [1.54, 1.807) is 6.20 Å². The topological polar surface area (TPSA) is 77.0 Å². The Morgan fingerprint density at radius 3 is 2.56 bits per heavy atom. The van der Waals surface area contributed by atoms with Crippen LogP contribution in [0.1, 0.15) is 30.0 Å². The molecule has 1 atom stereocenters. The summed E-state index contributed by atoms with van der Waals surface area (Å²) in [4.78, 5) is 4.54. The van der Waals surface area contributed by atoms with Gasteiger partial charge in [-0.2, -0.15) is 0 Å². The second-order valence-electron chi connectivity index (χ2n) is 6.80. The third kappa shape index (κ3) is 3.12. The molecule has 0 unspecified atom stereocenters. The molecule has 0 saturated heterocycles. The maximum Gasteiger partial charge on any atom is 0.141 e. The van der Waals surface area contributed by atoms with E-state index in [4.69, 9.17) is 10.3 Å². The Labute approximate surface area is 158 Å². The van der Waals surface area contributed by atoms with Crippen LogP contribution in [0.15, 0.2) is 59.3 Å². The van der Waals surface area contributed by atoms with E-state index in [2.05, 4.69) is 52.7 Å². The van der Waals surface area contributed by atoms with Crippen LogP contribution >= 0.6 is 0 Å². The number of hydrogen-bond acceptors (Lipinski definition) is 5. The third-order valence-corrected chi connectivity index (χ3v) is 4.88. The Kier molecular flexibility index (Phi) is 4.28. The maximum absolute atomic E-state index is 6.24. The quantitative estimate of drug-likeness (QED) is 0.520. The zero-order chi connectivity index (χ0) is 19.0. The van der Waals surface area contributed by atoms with Crippen molar-refractivity contribution in [1.29, 1.82) is 0 Å². The highest BCUT2D eigenvalue weighted by Gasteiger charge is 2.15. The fourth-order valence-corrected chi connectivity index (χ4v) is 3.46. The van der Waals surface area contributed by atoms with Crippen LogP contribution in [0, 0.1) is 13.8 Å². The molecule has 0 aliphatic rings. The molecule has 3 N–H and O–H groups in total. The smallest absolute Gasteiger partial charge is 0.141 e. The van der Waals surface area contributed by atoms with Crippen LogP contribution in [-0.2, 0) is 0 Å². The van der Waals surface area contributed by atoms with Gasteiger partial charge < -0.3 is 15.6 Å². The average molecular weight is 358 g/mol. The fourth-order valence-electron chi connectivity index (χ4n) is 3.46. The first-order valence-corrected chi connectivity index (χ1v) is 8.97. The molecule has 4 aromatic rings. The van der Waals surface area contributed by atoms with Gasteiger partial charge in [-0.3, -0.25) is 4.98 Å². The number of hydrogen-bond donors (Lipinski definition) is 2. The Balaban J connectivity index is 1.76. The van der Waals surface area contributed by atoms with Crippen molar-refractivity contribution in [2.45, 2.75) is 26.8 Å². The Morgan fingerprint density at radius 1 is 1.07 bits per heavy atom. The van der Waals surface area contributed by atoms with Gasteiger partial charge in [0.1, 0.15) is 5.76 Å². The summed E-state index contributed by atoms with van der Waals surface area (Å²) < 4.78 is 5.30. The van der Waals surface area contributed by atoms with Crippen LogP contribution in [-0.4, -0.2) is 10.1 Å². The fraction of sp³-hybridized carbons (Fsp3) is 0.182. The van der Waals surface area contributed by atoms with Crippen molar-refractivity contribution in [1.82, 2.24) is 10.1 Å². The highest BCUT2D eigenvalue weighted by atomic mass is 16.5. The van der Waals surface area contributed by atoms with Crippen molar-refractivity contribution in [3.05, 3.63) is 71.7 Å². The zero-order valence-corrected chi connectivity index (χ0v) is 15.7. The molecule has 27 heavy (non-hydrogen) atoms. The summed E-state index contributed by atoms with van der Waals surface area (Å²) in [5.74, 6) is 0.804. The largest absolute Gasteiger partial charge is 0.396 e. The van der Waals surface area contributed by atoms with Crippen molar-refractivity contribution >= 4 is 22.3 Å². The highest BCUT2D eigenvalue weighted by molar-refractivity contribution is 5.99. The van der Waals surface area contributed by atoms with E-state index >= 15 is 0 Å². The van der Waals surface area contributed by atoms with Gasteiger partial charge in [0, 0.05) is 17.0 Å². The molecule has 0 fully saturated rings. The van der Waals surface area contributed by atoms with Crippen molar-refractivity contribution < 1.29 is 4.52 Å². The number of benzene rings is 2. The summed E-state index contributed by atoms with van der Waals surface area (Å²) >= 11 is 0. The molecule has 2 aromatic carbocycles. The normalized spacial score (nSPS) is 12.3. The molecule has 0 aliphatic heterocycles. The summed E-state index contributed by atoms with van der Waals surface area (Å²) in [6.45, 7) is 5.99. The number of aryl methyl sites for hydroxylation is 2. The lowest BCUT2D eigenvalue weighted by atomic mass is 10.0. The summed E-state index contributed by atoms with van der Waals surface area (Å²) in [6.07, 6.45) is 1.71. The minimum absolute atomic E-state index is 0.126. The van der Waals surface area contributed by atoms with Gasteiger partial charge in [-0.25, -0.2) is 0 Å². The summed E-state index contributed by atoms with van der Waals surface area (Å²) in [6, 6.07) is 16.6. The first-order chi connectivity index (χ1) is 13.0. The van der Waals surface area contributed by atoms with Gasteiger partial charge in [0.25, 0.3) is 0 Å². The van der Waals surface area contributed by atoms with E-state index in [1.807, 2.05) is 32.0 Å². The second-order valence-corrected chi connectivity index (χ2v) is 6.80. The maximum atomic E-state index is 6.24. The molecule has 0 bridgehead atoms. The van der Waals surface area contributed by atoms with Crippen molar-refractivity contribution in [2.75, 3.05) is 11.1 Å². The SMILES string of the molecule is Cc1noc(C)c1-c1ccc2c(N[C@H](C)c3ccccc3)c(N)cnc2c1.